The summed E-state index contributed by atoms with van der Waals surface area (Å²) in [5.74, 6) is 0.346. The number of ether oxygens (including phenoxy) is 6. The van der Waals surface area contributed by atoms with Crippen LogP contribution in [0.2, 0.25) is 0 Å². The number of Topliss-reactive ketones (excluding diaryl/α,β-unsaturated/α-hetero) is 1. The van der Waals surface area contributed by atoms with Crippen LogP contribution in [-0.2, 0) is 25.6 Å². The fraction of sp³-hybridized carbons (Fsp3) is 0.424. The SMILES string of the molecule is COCOc1cc(OC)cc(C(CC[C@@H]2OC(C)(C)O[C@@H]2COCc2ccccc2)[Se]c2ccccc2)c1C(C)=O. The fourth-order valence-electron chi connectivity index (χ4n) is 5.01. The van der Waals surface area contributed by atoms with E-state index in [2.05, 4.69) is 36.4 Å². The number of hydrogen-bond donors (Lipinski definition) is 0. The molecule has 3 aromatic rings. The number of carbonyl (C=O) groups is 1. The molecule has 0 aromatic heterocycles. The van der Waals surface area contributed by atoms with Crippen molar-refractivity contribution in [3.05, 3.63) is 89.5 Å². The van der Waals surface area contributed by atoms with E-state index in [0.29, 0.717) is 30.3 Å². The molecular formula is C33H40O7Se. The third-order valence-electron chi connectivity index (χ3n) is 6.79. The van der Waals surface area contributed by atoms with Crippen molar-refractivity contribution in [3.63, 3.8) is 0 Å². The molecule has 1 saturated heterocycles. The van der Waals surface area contributed by atoms with E-state index in [-0.39, 0.29) is 44.6 Å². The number of rotatable bonds is 15. The third-order valence-corrected chi connectivity index (χ3v) is 9.55. The monoisotopic (exact) mass is 628 g/mol. The van der Waals surface area contributed by atoms with Gasteiger partial charge < -0.3 is 0 Å². The van der Waals surface area contributed by atoms with Gasteiger partial charge in [-0.3, -0.25) is 0 Å². The summed E-state index contributed by atoms with van der Waals surface area (Å²) in [5.41, 5.74) is 2.60. The molecular weight excluding hydrogens is 587 g/mol. The molecule has 1 aliphatic rings. The molecule has 1 fully saturated rings. The zero-order valence-corrected chi connectivity index (χ0v) is 26.2. The molecule has 8 heteroatoms. The maximum absolute atomic E-state index is 13.0. The second-order valence-electron chi connectivity index (χ2n) is 10.4. The van der Waals surface area contributed by atoms with Crippen LogP contribution in [0, 0.1) is 0 Å². The molecule has 0 saturated carbocycles. The number of hydrogen-bond acceptors (Lipinski definition) is 7. The van der Waals surface area contributed by atoms with E-state index in [1.807, 2.05) is 44.2 Å². The van der Waals surface area contributed by atoms with E-state index < -0.39 is 5.79 Å². The Labute approximate surface area is 249 Å². The second-order valence-corrected chi connectivity index (χ2v) is 13.1. The van der Waals surface area contributed by atoms with Gasteiger partial charge in [-0.05, 0) is 0 Å². The van der Waals surface area contributed by atoms with Gasteiger partial charge in [-0.1, -0.05) is 0 Å². The van der Waals surface area contributed by atoms with Gasteiger partial charge in [0.25, 0.3) is 0 Å². The molecule has 1 aliphatic heterocycles. The van der Waals surface area contributed by atoms with Gasteiger partial charge in [0.15, 0.2) is 0 Å². The molecule has 3 aromatic carbocycles. The minimum atomic E-state index is -0.701. The van der Waals surface area contributed by atoms with Gasteiger partial charge in [0, 0.05) is 0 Å². The Morgan fingerprint density at radius 3 is 2.32 bits per heavy atom. The summed E-state index contributed by atoms with van der Waals surface area (Å²) in [6.07, 6.45) is 1.18. The Kier molecular flexibility index (Phi) is 11.4. The Bertz CT molecular complexity index is 1250. The molecule has 0 bridgehead atoms. The first-order valence-electron chi connectivity index (χ1n) is 13.8. The van der Waals surface area contributed by atoms with Crippen molar-refractivity contribution in [2.45, 2.75) is 63.0 Å². The molecule has 1 heterocycles. The molecule has 1 unspecified atom stereocenters. The van der Waals surface area contributed by atoms with Crippen molar-refractivity contribution in [1.82, 2.24) is 0 Å². The molecule has 7 nitrogen and oxygen atoms in total. The van der Waals surface area contributed by atoms with Crippen molar-refractivity contribution in [2.24, 2.45) is 0 Å². The van der Waals surface area contributed by atoms with Gasteiger partial charge in [0.2, 0.25) is 0 Å². The normalized spacial score (nSPS) is 18.7. The summed E-state index contributed by atoms with van der Waals surface area (Å²) >= 11 is 0.0185. The molecule has 0 amide bonds. The summed E-state index contributed by atoms with van der Waals surface area (Å²) in [5, 5.41) is 0. The Morgan fingerprint density at radius 2 is 1.66 bits per heavy atom. The quantitative estimate of drug-likeness (QED) is 0.126. The summed E-state index contributed by atoms with van der Waals surface area (Å²) in [4.78, 5) is 13.1. The van der Waals surface area contributed by atoms with E-state index in [0.717, 1.165) is 24.0 Å². The third kappa shape index (κ3) is 8.89. The topological polar surface area (TPSA) is 72.5 Å². The first kappa shape index (κ1) is 31.2. The summed E-state index contributed by atoms with van der Waals surface area (Å²) in [7, 11) is 3.18. The van der Waals surface area contributed by atoms with Crippen LogP contribution in [-0.4, -0.2) is 66.4 Å². The van der Waals surface area contributed by atoms with E-state index in [9.17, 15) is 4.79 Å². The molecule has 220 valence electrons. The number of methoxy groups -OCH3 is 2. The molecule has 0 N–H and O–H groups in total. The van der Waals surface area contributed by atoms with Crippen LogP contribution in [0.15, 0.2) is 72.8 Å². The number of ketones is 1. The van der Waals surface area contributed by atoms with Crippen molar-refractivity contribution >= 4 is 25.2 Å². The van der Waals surface area contributed by atoms with Crippen molar-refractivity contribution in [1.29, 1.82) is 0 Å². The van der Waals surface area contributed by atoms with Crippen molar-refractivity contribution in [3.8, 4) is 11.5 Å². The van der Waals surface area contributed by atoms with Crippen LogP contribution in [0.5, 0.6) is 11.5 Å². The average Bonchev–Trinajstić information content (AvgIpc) is 3.27. The van der Waals surface area contributed by atoms with Crippen LogP contribution in [0.4, 0.5) is 0 Å². The van der Waals surface area contributed by atoms with Crippen LogP contribution < -0.4 is 13.9 Å². The van der Waals surface area contributed by atoms with Gasteiger partial charge in [-0.15, -0.1) is 0 Å². The molecule has 3 atom stereocenters. The number of benzene rings is 3. The van der Waals surface area contributed by atoms with E-state index in [1.54, 1.807) is 27.2 Å². The second kappa shape index (κ2) is 15.0. The van der Waals surface area contributed by atoms with Gasteiger partial charge in [-0.25, -0.2) is 0 Å². The Balaban J connectivity index is 1.58. The summed E-state index contributed by atoms with van der Waals surface area (Å²) in [6, 6.07) is 24.2. The van der Waals surface area contributed by atoms with Crippen molar-refractivity contribution < 1.29 is 33.2 Å². The fourth-order valence-corrected chi connectivity index (χ4v) is 7.55. The van der Waals surface area contributed by atoms with Gasteiger partial charge in [0.1, 0.15) is 0 Å². The first-order valence-corrected chi connectivity index (χ1v) is 15.7. The molecule has 0 spiro atoms. The van der Waals surface area contributed by atoms with Crippen LogP contribution in [0.3, 0.4) is 0 Å². The molecule has 0 aliphatic carbocycles. The zero-order valence-electron chi connectivity index (χ0n) is 24.5. The average molecular weight is 628 g/mol. The Hall–Kier alpha value is -2.71. The van der Waals surface area contributed by atoms with Gasteiger partial charge >= 0.3 is 250 Å². The molecule has 0 radical (unpaired) electrons. The predicted molar refractivity (Wildman–Crippen MR) is 159 cm³/mol. The Morgan fingerprint density at radius 1 is 0.976 bits per heavy atom. The standard InChI is InChI=1S/C33H40O7Se/c1-23(34)32-27(18-25(36-5)19-29(32)38-22-35-4)31(41-26-14-10-7-11-15-26)17-16-28-30(40-33(2,3)39-28)21-37-20-24-12-8-6-9-13-24/h6-15,18-19,28,30-31H,16-17,20-22H2,1-5H3/t28-,30+,31?/m0/s1. The first-order chi connectivity index (χ1) is 19.8. The van der Waals surface area contributed by atoms with Crippen LogP contribution >= 0.6 is 0 Å². The van der Waals surface area contributed by atoms with Crippen molar-refractivity contribution in [2.75, 3.05) is 27.6 Å². The zero-order chi connectivity index (χ0) is 29.2. The minimum absolute atomic E-state index is 0.0185. The number of carbonyl (C=O) groups excluding carboxylic acids is 1. The van der Waals surface area contributed by atoms with Crippen LogP contribution in [0.25, 0.3) is 0 Å². The summed E-state index contributed by atoms with van der Waals surface area (Å²) < 4.78 is 36.6. The van der Waals surface area contributed by atoms with E-state index >= 15 is 0 Å². The molecule has 4 rings (SSSR count). The molecule has 41 heavy (non-hydrogen) atoms. The maximum atomic E-state index is 13.0. The van der Waals surface area contributed by atoms with Gasteiger partial charge in [-0.2, -0.15) is 0 Å². The van der Waals surface area contributed by atoms with E-state index in [1.165, 1.54) is 4.46 Å². The van der Waals surface area contributed by atoms with E-state index in [4.69, 9.17) is 28.4 Å². The summed E-state index contributed by atoms with van der Waals surface area (Å²) in [6.45, 7) is 6.45. The predicted octanol–water partition coefficient (Wildman–Crippen LogP) is 5.47. The van der Waals surface area contributed by atoms with Gasteiger partial charge in [0.05, 0.1) is 0 Å². The van der Waals surface area contributed by atoms with Crippen LogP contribution in [0.1, 0.15) is 59.9 Å².